The summed E-state index contributed by atoms with van der Waals surface area (Å²) in [5.74, 6) is 0.130. The molecular formula is C30H34Cl2N2O3. The van der Waals surface area contributed by atoms with Crippen LogP contribution in [0.2, 0.25) is 10.0 Å². The van der Waals surface area contributed by atoms with E-state index < -0.39 is 6.04 Å². The Bertz CT molecular complexity index is 1200. The minimum absolute atomic E-state index is 0.143. The monoisotopic (exact) mass is 540 g/mol. The maximum atomic E-state index is 13.7. The molecule has 0 fully saturated rings. The predicted octanol–water partition coefficient (Wildman–Crippen LogP) is 6.55. The second-order valence-corrected chi connectivity index (χ2v) is 10.0. The van der Waals surface area contributed by atoms with Gasteiger partial charge in [-0.05, 0) is 60.7 Å². The molecule has 0 aromatic heterocycles. The fourth-order valence-electron chi connectivity index (χ4n) is 3.98. The van der Waals surface area contributed by atoms with Crippen molar-refractivity contribution in [3.63, 3.8) is 0 Å². The number of hydrogen-bond acceptors (Lipinski definition) is 3. The van der Waals surface area contributed by atoms with Gasteiger partial charge in [0.2, 0.25) is 5.91 Å². The number of hydrogen-bond donors (Lipinski definition) is 1. The van der Waals surface area contributed by atoms with Crippen LogP contribution in [0.1, 0.15) is 42.0 Å². The Morgan fingerprint density at radius 2 is 1.76 bits per heavy atom. The van der Waals surface area contributed by atoms with Crippen molar-refractivity contribution in [3.05, 3.63) is 99.0 Å². The van der Waals surface area contributed by atoms with E-state index >= 15 is 0 Å². The van der Waals surface area contributed by atoms with Gasteiger partial charge in [0.05, 0.1) is 0 Å². The second-order valence-electron chi connectivity index (χ2n) is 9.17. The van der Waals surface area contributed by atoms with Gasteiger partial charge in [-0.2, -0.15) is 0 Å². The Morgan fingerprint density at radius 3 is 2.46 bits per heavy atom. The number of rotatable bonds is 12. The summed E-state index contributed by atoms with van der Waals surface area (Å²) in [6.45, 7) is 6.45. The standard InChI is InChI=1S/C30H34Cl2N2O3/c1-4-5-15-33-30(36)27(17-23-9-7-6-8-10-23)34(19-24-13-14-25(31)18-26(24)32)29(35)20-37-28-16-21(2)11-12-22(28)3/h6-14,16,18,27H,4-5,15,17,19-20H2,1-3H3,(H,33,36)/t27-/m0/s1. The molecule has 0 aliphatic rings. The first-order valence-corrected chi connectivity index (χ1v) is 13.3. The lowest BCUT2D eigenvalue weighted by molar-refractivity contribution is -0.142. The molecule has 0 aliphatic carbocycles. The van der Waals surface area contributed by atoms with Gasteiger partial charge in [0, 0.05) is 29.6 Å². The summed E-state index contributed by atoms with van der Waals surface area (Å²) < 4.78 is 5.95. The highest BCUT2D eigenvalue weighted by atomic mass is 35.5. The van der Waals surface area contributed by atoms with Gasteiger partial charge >= 0.3 is 0 Å². The van der Waals surface area contributed by atoms with Crippen LogP contribution in [-0.4, -0.2) is 35.9 Å². The average molecular weight is 542 g/mol. The van der Waals surface area contributed by atoms with E-state index in [2.05, 4.69) is 12.2 Å². The third kappa shape index (κ3) is 8.51. The first-order valence-electron chi connectivity index (χ1n) is 12.5. The van der Waals surface area contributed by atoms with Crippen molar-refractivity contribution < 1.29 is 14.3 Å². The van der Waals surface area contributed by atoms with Gasteiger partial charge in [0.15, 0.2) is 6.61 Å². The lowest BCUT2D eigenvalue weighted by Crippen LogP contribution is -2.51. The number of ether oxygens (including phenoxy) is 1. The number of nitrogens with zero attached hydrogens (tertiary/aromatic N) is 1. The van der Waals surface area contributed by atoms with Crippen molar-refractivity contribution in [2.75, 3.05) is 13.2 Å². The van der Waals surface area contributed by atoms with E-state index in [9.17, 15) is 9.59 Å². The van der Waals surface area contributed by atoms with E-state index in [0.717, 1.165) is 29.5 Å². The van der Waals surface area contributed by atoms with Crippen LogP contribution in [0.15, 0.2) is 66.7 Å². The molecule has 5 nitrogen and oxygen atoms in total. The van der Waals surface area contributed by atoms with Crippen LogP contribution in [0.5, 0.6) is 5.75 Å². The molecule has 196 valence electrons. The second kappa shape index (κ2) is 14.1. The van der Waals surface area contributed by atoms with Gasteiger partial charge in [0.1, 0.15) is 11.8 Å². The normalized spacial score (nSPS) is 11.6. The molecule has 0 bridgehead atoms. The third-order valence-corrected chi connectivity index (χ3v) is 6.74. The van der Waals surface area contributed by atoms with Crippen molar-refractivity contribution in [3.8, 4) is 5.75 Å². The van der Waals surface area contributed by atoms with Crippen LogP contribution >= 0.6 is 23.2 Å². The van der Waals surface area contributed by atoms with E-state index in [-0.39, 0.29) is 25.0 Å². The molecule has 0 heterocycles. The fourth-order valence-corrected chi connectivity index (χ4v) is 4.45. The molecule has 1 N–H and O–H groups in total. The van der Waals surface area contributed by atoms with Gasteiger partial charge in [-0.15, -0.1) is 0 Å². The highest BCUT2D eigenvalue weighted by molar-refractivity contribution is 6.35. The molecule has 0 spiro atoms. The summed E-state index contributed by atoms with van der Waals surface area (Å²) in [4.78, 5) is 28.7. The van der Waals surface area contributed by atoms with Crippen molar-refractivity contribution >= 4 is 35.0 Å². The Kier molecular flexibility index (Phi) is 10.8. The molecule has 3 rings (SSSR count). The zero-order chi connectivity index (χ0) is 26.8. The molecular weight excluding hydrogens is 507 g/mol. The highest BCUT2D eigenvalue weighted by Gasteiger charge is 2.31. The average Bonchev–Trinajstić information content (AvgIpc) is 2.88. The van der Waals surface area contributed by atoms with Gasteiger partial charge in [-0.25, -0.2) is 0 Å². The molecule has 0 unspecified atom stereocenters. The third-order valence-electron chi connectivity index (χ3n) is 6.15. The molecule has 3 aromatic carbocycles. The van der Waals surface area contributed by atoms with Crippen LogP contribution in [0.3, 0.4) is 0 Å². The van der Waals surface area contributed by atoms with Crippen LogP contribution < -0.4 is 10.1 Å². The number of nitrogens with one attached hydrogen (secondary N) is 1. The van der Waals surface area contributed by atoms with E-state index in [0.29, 0.717) is 34.3 Å². The number of carbonyl (C=O) groups excluding carboxylic acids is 2. The topological polar surface area (TPSA) is 58.6 Å². The molecule has 1 atom stereocenters. The summed E-state index contributed by atoms with van der Waals surface area (Å²) in [5, 5.41) is 3.95. The van der Waals surface area contributed by atoms with Crippen molar-refractivity contribution in [2.45, 2.75) is 52.6 Å². The first kappa shape index (κ1) is 28.5. The van der Waals surface area contributed by atoms with Gasteiger partial charge < -0.3 is 15.0 Å². The van der Waals surface area contributed by atoms with Gasteiger partial charge in [0.25, 0.3) is 5.91 Å². The first-order chi connectivity index (χ1) is 17.8. The quantitative estimate of drug-likeness (QED) is 0.265. The predicted molar refractivity (Wildman–Crippen MR) is 150 cm³/mol. The zero-order valence-electron chi connectivity index (χ0n) is 21.6. The number of aryl methyl sites for hydroxylation is 2. The van der Waals surface area contributed by atoms with Gasteiger partial charge in [-0.1, -0.05) is 85.1 Å². The lowest BCUT2D eigenvalue weighted by Gasteiger charge is -2.32. The number of carbonyl (C=O) groups is 2. The summed E-state index contributed by atoms with van der Waals surface area (Å²) >= 11 is 12.6. The van der Waals surface area contributed by atoms with E-state index in [1.165, 1.54) is 0 Å². The van der Waals surface area contributed by atoms with E-state index in [1.54, 1.807) is 23.1 Å². The molecule has 0 radical (unpaired) electrons. The minimum atomic E-state index is -0.749. The molecule has 0 saturated carbocycles. The van der Waals surface area contributed by atoms with Crippen molar-refractivity contribution in [1.29, 1.82) is 0 Å². The molecule has 0 aliphatic heterocycles. The number of unbranched alkanes of at least 4 members (excludes halogenated alkanes) is 1. The van der Waals surface area contributed by atoms with Crippen LogP contribution in [-0.2, 0) is 22.6 Å². The van der Waals surface area contributed by atoms with Crippen molar-refractivity contribution in [1.82, 2.24) is 10.2 Å². The summed E-state index contributed by atoms with van der Waals surface area (Å²) in [5.41, 5.74) is 3.62. The smallest absolute Gasteiger partial charge is 0.261 e. The lowest BCUT2D eigenvalue weighted by atomic mass is 10.0. The molecule has 2 amide bonds. The Labute approximate surface area is 229 Å². The number of halogens is 2. The Balaban J connectivity index is 1.93. The Hall–Kier alpha value is -3.02. The highest BCUT2D eigenvalue weighted by Crippen LogP contribution is 2.25. The van der Waals surface area contributed by atoms with Crippen LogP contribution in [0.4, 0.5) is 0 Å². The SMILES string of the molecule is CCCCNC(=O)[C@H](Cc1ccccc1)N(Cc1ccc(Cl)cc1Cl)C(=O)COc1cc(C)ccc1C. The Morgan fingerprint density at radius 1 is 1.00 bits per heavy atom. The molecule has 37 heavy (non-hydrogen) atoms. The number of benzene rings is 3. The van der Waals surface area contributed by atoms with Crippen LogP contribution in [0, 0.1) is 13.8 Å². The van der Waals surface area contributed by atoms with Gasteiger partial charge in [-0.3, -0.25) is 9.59 Å². The van der Waals surface area contributed by atoms with Crippen LogP contribution in [0.25, 0.3) is 0 Å². The maximum Gasteiger partial charge on any atom is 0.261 e. The summed E-state index contributed by atoms with van der Waals surface area (Å²) in [6.07, 6.45) is 2.17. The fraction of sp³-hybridized carbons (Fsp3) is 0.333. The largest absolute Gasteiger partial charge is 0.483 e. The zero-order valence-corrected chi connectivity index (χ0v) is 23.1. The summed E-state index contributed by atoms with van der Waals surface area (Å²) in [7, 11) is 0. The molecule has 7 heteroatoms. The minimum Gasteiger partial charge on any atom is -0.483 e. The maximum absolute atomic E-state index is 13.7. The number of amides is 2. The van der Waals surface area contributed by atoms with E-state index in [4.69, 9.17) is 27.9 Å². The summed E-state index contributed by atoms with van der Waals surface area (Å²) in [6, 6.07) is 19.9. The molecule has 3 aromatic rings. The van der Waals surface area contributed by atoms with Crippen molar-refractivity contribution in [2.24, 2.45) is 0 Å². The van der Waals surface area contributed by atoms with E-state index in [1.807, 2.05) is 62.4 Å². The molecule has 0 saturated heterocycles.